The molecule has 19 heavy (non-hydrogen) atoms. The van der Waals surface area contributed by atoms with E-state index in [-0.39, 0.29) is 17.6 Å². The summed E-state index contributed by atoms with van der Waals surface area (Å²) in [7, 11) is 0. The second kappa shape index (κ2) is 4.90. The number of rotatable bonds is 4. The molecule has 2 saturated carbocycles. The van der Waals surface area contributed by atoms with E-state index >= 15 is 0 Å². The van der Waals surface area contributed by atoms with Gasteiger partial charge in [0.05, 0.1) is 12.2 Å². The third-order valence-electron chi connectivity index (χ3n) is 6.27. The molecule has 3 N–H and O–H groups in total. The van der Waals surface area contributed by atoms with Gasteiger partial charge in [0.2, 0.25) is 0 Å². The highest BCUT2D eigenvalue weighted by Crippen LogP contribution is 2.66. The molecule has 0 aromatic heterocycles. The Balaban J connectivity index is 1.57. The first-order valence-corrected chi connectivity index (χ1v) is 8.78. The van der Waals surface area contributed by atoms with Gasteiger partial charge in [-0.15, -0.1) is 0 Å². The minimum atomic E-state index is -0.159. The normalized spacial score (nSPS) is 48.0. The van der Waals surface area contributed by atoms with Crippen molar-refractivity contribution in [3.8, 4) is 0 Å². The number of hydrogen-bond donors (Lipinski definition) is 3. The van der Waals surface area contributed by atoms with Crippen LogP contribution in [0, 0.1) is 16.7 Å². The molecule has 5 atom stereocenters. The zero-order chi connectivity index (χ0) is 13.7. The summed E-state index contributed by atoms with van der Waals surface area (Å²) in [6.45, 7) is 5.46. The van der Waals surface area contributed by atoms with Crippen molar-refractivity contribution in [1.82, 2.24) is 5.32 Å². The van der Waals surface area contributed by atoms with Crippen LogP contribution in [-0.4, -0.2) is 46.5 Å². The predicted octanol–water partition coefficient (Wildman–Crippen LogP) is 1.63. The van der Waals surface area contributed by atoms with Crippen molar-refractivity contribution in [2.75, 3.05) is 18.1 Å². The number of nitrogens with one attached hydrogen (secondary N) is 1. The Morgan fingerprint density at radius 2 is 2.05 bits per heavy atom. The van der Waals surface area contributed by atoms with Crippen molar-refractivity contribution in [3.05, 3.63) is 0 Å². The van der Waals surface area contributed by atoms with Gasteiger partial charge in [-0.05, 0) is 37.0 Å². The average molecular weight is 285 g/mol. The fourth-order valence-corrected chi connectivity index (χ4v) is 6.42. The van der Waals surface area contributed by atoms with Gasteiger partial charge in [-0.3, -0.25) is 0 Å². The smallest absolute Gasteiger partial charge is 0.0679 e. The molecule has 0 amide bonds. The summed E-state index contributed by atoms with van der Waals surface area (Å²) in [4.78, 5) is 0. The minimum Gasteiger partial charge on any atom is -0.392 e. The van der Waals surface area contributed by atoms with Gasteiger partial charge in [-0.1, -0.05) is 13.8 Å². The van der Waals surface area contributed by atoms with Gasteiger partial charge in [0.1, 0.15) is 0 Å². The number of aliphatic hydroxyl groups excluding tert-OH is 2. The largest absolute Gasteiger partial charge is 0.392 e. The van der Waals surface area contributed by atoms with E-state index in [1.807, 2.05) is 11.8 Å². The highest BCUT2D eigenvalue weighted by molar-refractivity contribution is 7.99. The monoisotopic (exact) mass is 285 g/mol. The molecule has 4 heteroatoms. The number of thioether (sulfide) groups is 1. The van der Waals surface area contributed by atoms with Crippen LogP contribution in [-0.2, 0) is 0 Å². The molecule has 1 heterocycles. The molecule has 1 aliphatic heterocycles. The van der Waals surface area contributed by atoms with Gasteiger partial charge >= 0.3 is 0 Å². The predicted molar refractivity (Wildman–Crippen MR) is 79.3 cm³/mol. The summed E-state index contributed by atoms with van der Waals surface area (Å²) in [5.41, 5.74) is 0.432. The van der Waals surface area contributed by atoms with Gasteiger partial charge < -0.3 is 15.5 Å². The molecule has 0 aromatic rings. The van der Waals surface area contributed by atoms with Crippen LogP contribution in [0.1, 0.15) is 39.5 Å². The molecule has 1 saturated heterocycles. The van der Waals surface area contributed by atoms with Crippen LogP contribution in [0.4, 0.5) is 0 Å². The van der Waals surface area contributed by atoms with Crippen molar-refractivity contribution < 1.29 is 10.2 Å². The highest BCUT2D eigenvalue weighted by Gasteiger charge is 2.63. The Bertz CT molecular complexity index is 349. The summed E-state index contributed by atoms with van der Waals surface area (Å²) >= 11 is 1.97. The number of β-amino-alcohol motifs (C(OH)–C–C–N with tert-alkyl or cyclic N) is 1. The second-order valence-corrected chi connectivity index (χ2v) is 8.41. The molecule has 0 radical (unpaired) electrons. The SMILES string of the molecule is CC1(C)[C@@H]2CC[C@@]1(CSC[C@@H]1C[C@@H](O)CN1)C(O)C2. The number of aliphatic hydroxyl groups is 2. The quantitative estimate of drug-likeness (QED) is 0.735. The molecule has 110 valence electrons. The summed E-state index contributed by atoms with van der Waals surface area (Å²) in [6, 6.07) is 0.454. The lowest BCUT2D eigenvalue weighted by atomic mass is 9.70. The van der Waals surface area contributed by atoms with Crippen molar-refractivity contribution in [2.24, 2.45) is 16.7 Å². The topological polar surface area (TPSA) is 52.5 Å². The van der Waals surface area contributed by atoms with E-state index in [1.54, 1.807) is 0 Å². The van der Waals surface area contributed by atoms with E-state index in [2.05, 4.69) is 19.2 Å². The third-order valence-corrected chi connectivity index (χ3v) is 7.62. The van der Waals surface area contributed by atoms with Crippen LogP contribution in [0.15, 0.2) is 0 Å². The number of fused-ring (bicyclic) bond motifs is 2. The summed E-state index contributed by atoms with van der Waals surface area (Å²) < 4.78 is 0. The second-order valence-electron chi connectivity index (χ2n) is 7.37. The maximum Gasteiger partial charge on any atom is 0.0679 e. The lowest BCUT2D eigenvalue weighted by Gasteiger charge is -2.40. The Labute approximate surface area is 120 Å². The molecule has 1 unspecified atom stereocenters. The molecule has 0 aromatic carbocycles. The summed E-state index contributed by atoms with van der Waals surface area (Å²) in [6.07, 6.45) is 4.12. The highest BCUT2D eigenvalue weighted by atomic mass is 32.2. The fourth-order valence-electron chi connectivity index (χ4n) is 4.69. The fraction of sp³-hybridized carbons (Fsp3) is 1.00. The van der Waals surface area contributed by atoms with Crippen molar-refractivity contribution >= 4 is 11.8 Å². The Morgan fingerprint density at radius 1 is 1.26 bits per heavy atom. The average Bonchev–Trinajstić information content (AvgIpc) is 2.91. The van der Waals surface area contributed by atoms with Crippen LogP contribution in [0.3, 0.4) is 0 Å². The van der Waals surface area contributed by atoms with E-state index in [0.717, 1.165) is 36.8 Å². The summed E-state index contributed by atoms with van der Waals surface area (Å²) in [5, 5.41) is 23.4. The Hall–Kier alpha value is 0.230. The molecule has 3 nitrogen and oxygen atoms in total. The minimum absolute atomic E-state index is 0.101. The van der Waals surface area contributed by atoms with E-state index in [9.17, 15) is 10.2 Å². The molecule has 3 rings (SSSR count). The van der Waals surface area contributed by atoms with Gasteiger partial charge in [0, 0.05) is 29.5 Å². The number of hydrogen-bond acceptors (Lipinski definition) is 4. The van der Waals surface area contributed by atoms with Crippen LogP contribution in [0.25, 0.3) is 0 Å². The van der Waals surface area contributed by atoms with Gasteiger partial charge in [-0.2, -0.15) is 11.8 Å². The van der Waals surface area contributed by atoms with Crippen LogP contribution >= 0.6 is 11.8 Å². The van der Waals surface area contributed by atoms with Gasteiger partial charge in [0.15, 0.2) is 0 Å². The van der Waals surface area contributed by atoms with Crippen molar-refractivity contribution in [1.29, 1.82) is 0 Å². The maximum atomic E-state index is 10.5. The molecule has 0 spiro atoms. The van der Waals surface area contributed by atoms with Crippen LogP contribution < -0.4 is 5.32 Å². The third kappa shape index (κ3) is 2.15. The van der Waals surface area contributed by atoms with Crippen molar-refractivity contribution in [3.63, 3.8) is 0 Å². The van der Waals surface area contributed by atoms with Crippen LogP contribution in [0.2, 0.25) is 0 Å². The van der Waals surface area contributed by atoms with E-state index in [4.69, 9.17) is 0 Å². The van der Waals surface area contributed by atoms with Gasteiger partial charge in [-0.25, -0.2) is 0 Å². The first-order chi connectivity index (χ1) is 8.96. The standard InChI is InChI=1S/C15H27NO2S/c1-14(2)10-3-4-15(14,13(18)5-10)9-19-8-11-6-12(17)7-16-11/h10-13,16-18H,3-9H2,1-2H3/t10-,11+,12-,13?,15-/m1/s1. The lowest BCUT2D eigenvalue weighted by molar-refractivity contribution is 0.0168. The van der Waals surface area contributed by atoms with Crippen molar-refractivity contribution in [2.45, 2.75) is 57.8 Å². The molecule has 2 aliphatic carbocycles. The lowest BCUT2D eigenvalue weighted by Crippen LogP contribution is -2.41. The molecule has 3 fully saturated rings. The molecule has 3 aliphatic rings. The zero-order valence-electron chi connectivity index (χ0n) is 12.1. The van der Waals surface area contributed by atoms with E-state index in [1.165, 1.54) is 12.8 Å². The first-order valence-electron chi connectivity index (χ1n) is 7.63. The molecule has 2 bridgehead atoms. The van der Waals surface area contributed by atoms with Gasteiger partial charge in [0.25, 0.3) is 0 Å². The first kappa shape index (κ1) is 14.2. The van der Waals surface area contributed by atoms with Crippen LogP contribution in [0.5, 0.6) is 0 Å². The Morgan fingerprint density at radius 3 is 2.58 bits per heavy atom. The molecular weight excluding hydrogens is 258 g/mol. The van der Waals surface area contributed by atoms with E-state index < -0.39 is 0 Å². The van der Waals surface area contributed by atoms with E-state index in [0.29, 0.717) is 11.5 Å². The summed E-state index contributed by atoms with van der Waals surface area (Å²) in [5.74, 6) is 2.85. The molecular formula is C15H27NO2S. The Kier molecular flexibility index (Phi) is 3.66. The zero-order valence-corrected chi connectivity index (χ0v) is 12.9. The maximum absolute atomic E-state index is 10.5.